The lowest BCUT2D eigenvalue weighted by molar-refractivity contribution is -0.384. The average Bonchev–Trinajstić information content (AvgIpc) is 2.26. The summed E-state index contributed by atoms with van der Waals surface area (Å²) in [5.41, 5.74) is 6.07. The van der Waals surface area contributed by atoms with Crippen LogP contribution in [0.1, 0.15) is 12.0 Å². The van der Waals surface area contributed by atoms with Gasteiger partial charge >= 0.3 is 0 Å². The Kier molecular flexibility index (Phi) is 5.07. The van der Waals surface area contributed by atoms with E-state index in [0.29, 0.717) is 24.5 Å². The fourth-order valence-corrected chi connectivity index (χ4v) is 2.45. The minimum absolute atomic E-state index is 0.0355. The highest BCUT2D eigenvalue weighted by Gasteiger charge is 2.07. The van der Waals surface area contributed by atoms with Crippen molar-refractivity contribution in [2.75, 3.05) is 12.3 Å². The van der Waals surface area contributed by atoms with E-state index in [9.17, 15) is 14.3 Å². The van der Waals surface area contributed by atoms with Gasteiger partial charge < -0.3 is 5.73 Å². The first kappa shape index (κ1) is 12.8. The van der Waals surface area contributed by atoms with Gasteiger partial charge in [-0.15, -0.1) is 0 Å². The third-order valence-corrected chi connectivity index (χ3v) is 3.42. The third kappa shape index (κ3) is 4.08. The van der Waals surface area contributed by atoms with Gasteiger partial charge in [0, 0.05) is 34.4 Å². The zero-order valence-corrected chi connectivity index (χ0v) is 9.61. The topological polar surface area (TPSA) is 86.2 Å². The summed E-state index contributed by atoms with van der Waals surface area (Å²) in [7, 11) is -0.995. The molecule has 1 aromatic rings. The van der Waals surface area contributed by atoms with E-state index < -0.39 is 15.7 Å². The lowest BCUT2D eigenvalue weighted by Crippen LogP contribution is -2.07. The number of hydrogen-bond acceptors (Lipinski definition) is 4. The first-order chi connectivity index (χ1) is 7.63. The molecule has 0 amide bonds. The fourth-order valence-electron chi connectivity index (χ4n) is 1.26. The quantitative estimate of drug-likeness (QED) is 0.599. The summed E-state index contributed by atoms with van der Waals surface area (Å²) < 4.78 is 11.5. The van der Waals surface area contributed by atoms with Crippen LogP contribution >= 0.6 is 0 Å². The molecular weight excluding hydrogens is 228 g/mol. The highest BCUT2D eigenvalue weighted by Crippen LogP contribution is 2.14. The minimum atomic E-state index is -0.995. The molecule has 5 nitrogen and oxygen atoms in total. The lowest BCUT2D eigenvalue weighted by Gasteiger charge is -2.01. The maximum atomic E-state index is 11.5. The summed E-state index contributed by atoms with van der Waals surface area (Å²) in [5.74, 6) is 0.890. The van der Waals surface area contributed by atoms with Crippen molar-refractivity contribution < 1.29 is 9.13 Å². The molecule has 0 spiro atoms. The molecule has 0 aliphatic rings. The van der Waals surface area contributed by atoms with Gasteiger partial charge in [0.1, 0.15) is 0 Å². The Hall–Kier alpha value is -1.27. The Morgan fingerprint density at radius 1 is 1.44 bits per heavy atom. The third-order valence-electron chi connectivity index (χ3n) is 2.03. The van der Waals surface area contributed by atoms with Crippen LogP contribution < -0.4 is 5.73 Å². The Bertz CT molecular complexity index is 395. The van der Waals surface area contributed by atoms with Gasteiger partial charge in [-0.3, -0.25) is 14.3 Å². The lowest BCUT2D eigenvalue weighted by atomic mass is 10.2. The van der Waals surface area contributed by atoms with Crippen LogP contribution in [0.5, 0.6) is 0 Å². The molecule has 0 saturated heterocycles. The number of non-ortho nitro benzene ring substituents is 1. The second-order valence-corrected chi connectivity index (χ2v) is 4.93. The standard InChI is InChI=1S/C10H14N2O3S/c11-5-2-6-16(15)8-9-3-1-4-10(7-9)12(13)14/h1,3-4,7H,2,5-6,8,11H2. The van der Waals surface area contributed by atoms with Crippen molar-refractivity contribution in [2.45, 2.75) is 12.2 Å². The van der Waals surface area contributed by atoms with E-state index in [-0.39, 0.29) is 5.69 Å². The predicted octanol–water partition coefficient (Wildman–Crippen LogP) is 1.19. The molecule has 0 bridgehead atoms. The number of benzene rings is 1. The molecule has 88 valence electrons. The molecule has 1 aromatic carbocycles. The largest absolute Gasteiger partial charge is 0.330 e. The summed E-state index contributed by atoms with van der Waals surface area (Å²) in [4.78, 5) is 10.1. The normalized spacial score (nSPS) is 12.3. The maximum Gasteiger partial charge on any atom is 0.269 e. The monoisotopic (exact) mass is 242 g/mol. The van der Waals surface area contributed by atoms with Gasteiger partial charge in [0.2, 0.25) is 0 Å². The van der Waals surface area contributed by atoms with Crippen molar-refractivity contribution in [2.24, 2.45) is 5.73 Å². The van der Waals surface area contributed by atoms with Crippen LogP contribution in [-0.2, 0) is 16.6 Å². The van der Waals surface area contributed by atoms with E-state index in [0.717, 1.165) is 5.56 Å². The van der Waals surface area contributed by atoms with E-state index in [1.54, 1.807) is 12.1 Å². The smallest absolute Gasteiger partial charge is 0.269 e. The van der Waals surface area contributed by atoms with Gasteiger partial charge in [-0.25, -0.2) is 0 Å². The zero-order valence-electron chi connectivity index (χ0n) is 8.80. The van der Waals surface area contributed by atoms with Crippen molar-refractivity contribution in [3.63, 3.8) is 0 Å². The predicted molar refractivity (Wildman–Crippen MR) is 63.5 cm³/mol. The van der Waals surface area contributed by atoms with Gasteiger partial charge in [0.25, 0.3) is 5.69 Å². The van der Waals surface area contributed by atoms with Crippen molar-refractivity contribution in [3.05, 3.63) is 39.9 Å². The minimum Gasteiger partial charge on any atom is -0.330 e. The van der Waals surface area contributed by atoms with E-state index in [2.05, 4.69) is 0 Å². The zero-order chi connectivity index (χ0) is 12.0. The first-order valence-electron chi connectivity index (χ1n) is 4.92. The van der Waals surface area contributed by atoms with E-state index in [1.165, 1.54) is 12.1 Å². The second-order valence-electron chi connectivity index (χ2n) is 3.36. The number of nitro groups is 1. The Morgan fingerprint density at radius 3 is 2.81 bits per heavy atom. The van der Waals surface area contributed by atoms with Crippen LogP contribution in [0.3, 0.4) is 0 Å². The molecule has 6 heteroatoms. The first-order valence-corrected chi connectivity index (χ1v) is 6.40. The van der Waals surface area contributed by atoms with Crippen LogP contribution in [0, 0.1) is 10.1 Å². The van der Waals surface area contributed by atoms with Crippen molar-refractivity contribution >= 4 is 16.5 Å². The summed E-state index contributed by atoms with van der Waals surface area (Å²) in [6.45, 7) is 0.515. The summed E-state index contributed by atoms with van der Waals surface area (Å²) in [6.07, 6.45) is 0.710. The van der Waals surface area contributed by atoms with Gasteiger partial charge in [-0.05, 0) is 18.5 Å². The Morgan fingerprint density at radius 2 is 2.19 bits per heavy atom. The van der Waals surface area contributed by atoms with Gasteiger partial charge in [0.05, 0.1) is 4.92 Å². The van der Waals surface area contributed by atoms with Crippen LogP contribution in [0.25, 0.3) is 0 Å². The molecular formula is C10H14N2O3S. The average molecular weight is 242 g/mol. The molecule has 0 fully saturated rings. The van der Waals surface area contributed by atoms with Crippen molar-refractivity contribution in [3.8, 4) is 0 Å². The Balaban J connectivity index is 2.63. The summed E-state index contributed by atoms with van der Waals surface area (Å²) in [5, 5.41) is 10.5. The van der Waals surface area contributed by atoms with Crippen LogP contribution in [0.2, 0.25) is 0 Å². The number of hydrogen-bond donors (Lipinski definition) is 1. The van der Waals surface area contributed by atoms with E-state index in [4.69, 9.17) is 5.73 Å². The highest BCUT2D eigenvalue weighted by atomic mass is 32.2. The molecule has 16 heavy (non-hydrogen) atoms. The summed E-state index contributed by atoms with van der Waals surface area (Å²) in [6, 6.07) is 6.23. The second kappa shape index (κ2) is 6.34. The number of rotatable bonds is 6. The van der Waals surface area contributed by atoms with Crippen LogP contribution in [0.15, 0.2) is 24.3 Å². The van der Waals surface area contributed by atoms with Crippen molar-refractivity contribution in [1.82, 2.24) is 0 Å². The number of nitrogens with zero attached hydrogens (tertiary/aromatic N) is 1. The highest BCUT2D eigenvalue weighted by molar-refractivity contribution is 7.84. The number of nitrogens with two attached hydrogens (primary N) is 1. The van der Waals surface area contributed by atoms with Gasteiger partial charge in [0.15, 0.2) is 0 Å². The molecule has 1 unspecified atom stereocenters. The van der Waals surface area contributed by atoms with Gasteiger partial charge in [-0.2, -0.15) is 0 Å². The molecule has 0 aliphatic heterocycles. The molecule has 1 rings (SSSR count). The molecule has 0 radical (unpaired) electrons. The van der Waals surface area contributed by atoms with Crippen LogP contribution in [-0.4, -0.2) is 21.4 Å². The maximum absolute atomic E-state index is 11.5. The van der Waals surface area contributed by atoms with Gasteiger partial charge in [-0.1, -0.05) is 12.1 Å². The molecule has 0 aromatic heterocycles. The molecule has 0 heterocycles. The number of nitro benzene ring substituents is 1. The van der Waals surface area contributed by atoms with E-state index in [1.807, 2.05) is 0 Å². The fraction of sp³-hybridized carbons (Fsp3) is 0.400. The molecule has 2 N–H and O–H groups in total. The SMILES string of the molecule is NCCCS(=O)Cc1cccc([N+](=O)[O-])c1. The Labute approximate surface area is 96.3 Å². The summed E-state index contributed by atoms with van der Waals surface area (Å²) >= 11 is 0. The van der Waals surface area contributed by atoms with Crippen LogP contribution in [0.4, 0.5) is 5.69 Å². The van der Waals surface area contributed by atoms with Crippen molar-refractivity contribution in [1.29, 1.82) is 0 Å². The van der Waals surface area contributed by atoms with E-state index >= 15 is 0 Å². The molecule has 1 atom stereocenters. The molecule has 0 saturated carbocycles. The molecule has 0 aliphatic carbocycles.